The van der Waals surface area contributed by atoms with Gasteiger partial charge in [-0.2, -0.15) is 0 Å². The van der Waals surface area contributed by atoms with Gasteiger partial charge >= 0.3 is 0 Å². The highest BCUT2D eigenvalue weighted by Gasteiger charge is 2.24. The Morgan fingerprint density at radius 2 is 1.95 bits per heavy atom. The van der Waals surface area contributed by atoms with Gasteiger partial charge in [0.25, 0.3) is 0 Å². The number of likely N-dealkylation sites (N-methyl/N-ethyl adjacent to an activating group) is 1. The lowest BCUT2D eigenvalue weighted by Crippen LogP contribution is -2.38. The van der Waals surface area contributed by atoms with Gasteiger partial charge in [0, 0.05) is 18.6 Å². The summed E-state index contributed by atoms with van der Waals surface area (Å²) >= 11 is 6.26. The monoisotopic (exact) mass is 310 g/mol. The molecule has 0 aliphatic heterocycles. The third-order valence-corrected chi connectivity index (χ3v) is 4.97. The lowest BCUT2D eigenvalue weighted by Gasteiger charge is -2.34. The molecule has 0 heterocycles. The van der Waals surface area contributed by atoms with Gasteiger partial charge in [-0.05, 0) is 37.6 Å². The van der Waals surface area contributed by atoms with Crippen LogP contribution in [-0.2, 0) is 0 Å². The maximum absolute atomic E-state index is 6.26. The Morgan fingerprint density at radius 3 is 2.48 bits per heavy atom. The molecule has 2 N–H and O–H groups in total. The van der Waals surface area contributed by atoms with Gasteiger partial charge in [0.2, 0.25) is 0 Å². The van der Waals surface area contributed by atoms with Crippen LogP contribution >= 0.6 is 11.6 Å². The fourth-order valence-corrected chi connectivity index (χ4v) is 3.61. The summed E-state index contributed by atoms with van der Waals surface area (Å²) in [5.74, 6) is 0.716. The minimum Gasteiger partial charge on any atom is -0.495 e. The molecule has 1 aromatic rings. The van der Waals surface area contributed by atoms with E-state index in [0.717, 1.165) is 0 Å². The molecule has 3 nitrogen and oxygen atoms in total. The number of methoxy groups -OCH3 is 1. The molecule has 1 unspecified atom stereocenters. The van der Waals surface area contributed by atoms with E-state index in [1.165, 1.54) is 44.1 Å². The number of ether oxygens (including phenoxy) is 1. The first-order valence-corrected chi connectivity index (χ1v) is 8.30. The molecular formula is C17H27ClN2O. The number of benzene rings is 1. The van der Waals surface area contributed by atoms with Crippen LogP contribution in [-0.4, -0.2) is 31.6 Å². The predicted molar refractivity (Wildman–Crippen MR) is 89.1 cm³/mol. The highest BCUT2D eigenvalue weighted by molar-refractivity contribution is 6.32. The summed E-state index contributed by atoms with van der Waals surface area (Å²) in [5, 5.41) is 0.655. The Bertz CT molecular complexity index is 444. The zero-order chi connectivity index (χ0) is 15.2. The molecule has 0 radical (unpaired) electrons. The van der Waals surface area contributed by atoms with E-state index < -0.39 is 0 Å². The standard InChI is InChI=1S/C17H27ClN2O/c1-20(14-7-5-3-4-6-8-14)16(12-19)13-9-10-17(21-2)15(18)11-13/h9-11,14,16H,3-8,12,19H2,1-2H3. The fraction of sp³-hybridized carbons (Fsp3) is 0.647. The van der Waals surface area contributed by atoms with Crippen LogP contribution in [0.4, 0.5) is 0 Å². The average Bonchev–Trinajstić information content (AvgIpc) is 2.77. The summed E-state index contributed by atoms with van der Waals surface area (Å²) in [6.07, 6.45) is 7.94. The third-order valence-electron chi connectivity index (χ3n) is 4.68. The predicted octanol–water partition coefficient (Wildman–Crippen LogP) is 4.00. The maximum Gasteiger partial charge on any atom is 0.137 e. The van der Waals surface area contributed by atoms with Crippen molar-refractivity contribution in [2.45, 2.75) is 50.6 Å². The van der Waals surface area contributed by atoms with E-state index in [2.05, 4.69) is 18.0 Å². The van der Waals surface area contributed by atoms with Crippen LogP contribution in [0.25, 0.3) is 0 Å². The maximum atomic E-state index is 6.26. The van der Waals surface area contributed by atoms with Gasteiger partial charge in [0.15, 0.2) is 0 Å². The zero-order valence-corrected chi connectivity index (χ0v) is 13.9. The second-order valence-corrected chi connectivity index (χ2v) is 6.36. The molecule has 118 valence electrons. The van der Waals surface area contributed by atoms with Crippen molar-refractivity contribution in [3.05, 3.63) is 28.8 Å². The van der Waals surface area contributed by atoms with Gasteiger partial charge < -0.3 is 10.5 Å². The molecule has 1 saturated carbocycles. The fourth-order valence-electron chi connectivity index (χ4n) is 3.35. The van der Waals surface area contributed by atoms with Crippen LogP contribution in [0.5, 0.6) is 5.75 Å². The Kier molecular flexibility index (Phi) is 6.34. The van der Waals surface area contributed by atoms with Crippen LogP contribution in [0.3, 0.4) is 0 Å². The Morgan fingerprint density at radius 1 is 1.29 bits per heavy atom. The summed E-state index contributed by atoms with van der Waals surface area (Å²) in [5.41, 5.74) is 7.23. The van der Waals surface area contributed by atoms with Crippen LogP contribution in [0.15, 0.2) is 18.2 Å². The third kappa shape index (κ3) is 4.12. The minimum absolute atomic E-state index is 0.219. The largest absolute Gasteiger partial charge is 0.495 e. The van der Waals surface area contributed by atoms with Crippen molar-refractivity contribution in [3.8, 4) is 5.75 Å². The summed E-state index contributed by atoms with van der Waals surface area (Å²) in [6.45, 7) is 0.607. The molecule has 1 aromatic carbocycles. The number of rotatable bonds is 5. The number of nitrogens with two attached hydrogens (primary N) is 1. The Hall–Kier alpha value is -0.770. The first kappa shape index (κ1) is 16.6. The van der Waals surface area contributed by atoms with Gasteiger partial charge in [0.05, 0.1) is 12.1 Å². The summed E-state index contributed by atoms with van der Waals surface area (Å²) in [7, 11) is 3.84. The van der Waals surface area contributed by atoms with E-state index >= 15 is 0 Å². The van der Waals surface area contributed by atoms with Gasteiger partial charge in [-0.3, -0.25) is 4.90 Å². The van der Waals surface area contributed by atoms with Gasteiger partial charge in [-0.15, -0.1) is 0 Å². The van der Waals surface area contributed by atoms with Gasteiger partial charge in [-0.1, -0.05) is 43.4 Å². The molecule has 21 heavy (non-hydrogen) atoms. The van der Waals surface area contributed by atoms with E-state index in [4.69, 9.17) is 22.1 Å². The molecule has 1 aliphatic rings. The molecule has 1 fully saturated rings. The zero-order valence-electron chi connectivity index (χ0n) is 13.1. The van der Waals surface area contributed by atoms with Crippen LogP contribution in [0.2, 0.25) is 5.02 Å². The molecule has 0 bridgehead atoms. The highest BCUT2D eigenvalue weighted by atomic mass is 35.5. The Labute approximate surface area is 133 Å². The molecule has 0 spiro atoms. The quantitative estimate of drug-likeness (QED) is 0.835. The molecule has 2 rings (SSSR count). The first-order valence-electron chi connectivity index (χ1n) is 7.92. The molecular weight excluding hydrogens is 284 g/mol. The van der Waals surface area contributed by atoms with Gasteiger partial charge in [-0.25, -0.2) is 0 Å². The van der Waals surface area contributed by atoms with Gasteiger partial charge in [0.1, 0.15) is 5.75 Å². The second kappa shape index (κ2) is 8.02. The summed E-state index contributed by atoms with van der Waals surface area (Å²) in [6, 6.07) is 6.85. The normalized spacial score (nSPS) is 18.5. The number of nitrogens with zero attached hydrogens (tertiary/aromatic N) is 1. The summed E-state index contributed by atoms with van der Waals surface area (Å²) in [4.78, 5) is 2.45. The van der Waals surface area contributed by atoms with E-state index in [1.807, 2.05) is 12.1 Å². The molecule has 0 aromatic heterocycles. The molecule has 4 heteroatoms. The highest BCUT2D eigenvalue weighted by Crippen LogP contribution is 2.32. The lowest BCUT2D eigenvalue weighted by molar-refractivity contribution is 0.161. The topological polar surface area (TPSA) is 38.5 Å². The summed E-state index contributed by atoms with van der Waals surface area (Å²) < 4.78 is 5.23. The molecule has 1 atom stereocenters. The van der Waals surface area contributed by atoms with Crippen molar-refractivity contribution >= 4 is 11.6 Å². The number of halogens is 1. The van der Waals surface area contributed by atoms with E-state index in [1.54, 1.807) is 7.11 Å². The van der Waals surface area contributed by atoms with E-state index in [-0.39, 0.29) is 6.04 Å². The number of hydrogen-bond acceptors (Lipinski definition) is 3. The molecule has 0 saturated heterocycles. The van der Waals surface area contributed by atoms with Crippen molar-refractivity contribution < 1.29 is 4.74 Å². The van der Waals surface area contributed by atoms with Crippen molar-refractivity contribution in [2.75, 3.05) is 20.7 Å². The smallest absolute Gasteiger partial charge is 0.137 e. The molecule has 0 amide bonds. The van der Waals surface area contributed by atoms with Crippen LogP contribution in [0.1, 0.15) is 50.1 Å². The Balaban J connectivity index is 2.15. The van der Waals surface area contributed by atoms with E-state index in [9.17, 15) is 0 Å². The number of hydrogen-bond donors (Lipinski definition) is 1. The van der Waals surface area contributed by atoms with Crippen molar-refractivity contribution in [1.82, 2.24) is 4.90 Å². The lowest BCUT2D eigenvalue weighted by atomic mass is 10.0. The minimum atomic E-state index is 0.219. The molecule has 1 aliphatic carbocycles. The van der Waals surface area contributed by atoms with Crippen LogP contribution in [0, 0.1) is 0 Å². The van der Waals surface area contributed by atoms with Crippen molar-refractivity contribution in [3.63, 3.8) is 0 Å². The first-order chi connectivity index (χ1) is 10.2. The van der Waals surface area contributed by atoms with Crippen LogP contribution < -0.4 is 10.5 Å². The van der Waals surface area contributed by atoms with Crippen molar-refractivity contribution in [1.29, 1.82) is 0 Å². The SMILES string of the molecule is COc1ccc(C(CN)N(C)C2CCCCCC2)cc1Cl. The average molecular weight is 311 g/mol. The second-order valence-electron chi connectivity index (χ2n) is 5.96. The van der Waals surface area contributed by atoms with E-state index in [0.29, 0.717) is 23.4 Å². The van der Waals surface area contributed by atoms with Crippen molar-refractivity contribution in [2.24, 2.45) is 5.73 Å².